The number of hydrogen-bond acceptors (Lipinski definition) is 4. The Bertz CT molecular complexity index is 474. The molecule has 4 nitrogen and oxygen atoms in total. The minimum absolute atomic E-state index is 0. The summed E-state index contributed by atoms with van der Waals surface area (Å²) in [6.07, 6.45) is 14.6. The first-order chi connectivity index (χ1) is 10.9. The molecule has 3 fully saturated rings. The fourth-order valence-electron chi connectivity index (χ4n) is 4.29. The summed E-state index contributed by atoms with van der Waals surface area (Å²) in [7, 11) is 0. The van der Waals surface area contributed by atoms with Gasteiger partial charge in [-0.1, -0.05) is 18.0 Å². The molecule has 2 saturated carbocycles. The van der Waals surface area contributed by atoms with Gasteiger partial charge in [-0.3, -0.25) is 0 Å². The summed E-state index contributed by atoms with van der Waals surface area (Å²) in [6, 6.07) is 0.918. The molecule has 0 amide bonds. The van der Waals surface area contributed by atoms with Crippen molar-refractivity contribution < 1.29 is 4.52 Å². The van der Waals surface area contributed by atoms with E-state index in [1.807, 2.05) is 0 Å². The second-order valence-corrected chi connectivity index (χ2v) is 7.63. The van der Waals surface area contributed by atoms with E-state index >= 15 is 0 Å². The molecule has 0 atom stereocenters. The van der Waals surface area contributed by atoms with E-state index < -0.39 is 0 Å². The molecule has 23 heavy (non-hydrogen) atoms. The van der Waals surface area contributed by atoms with E-state index in [1.54, 1.807) is 0 Å². The third-order valence-corrected chi connectivity index (χ3v) is 5.91. The Morgan fingerprint density at radius 1 is 1.00 bits per heavy atom. The molecule has 0 aromatic carbocycles. The highest BCUT2D eigenvalue weighted by molar-refractivity contribution is 5.85. The van der Waals surface area contributed by atoms with Gasteiger partial charge in [0.05, 0.1) is 0 Å². The zero-order valence-corrected chi connectivity index (χ0v) is 14.9. The predicted octanol–water partition coefficient (Wildman–Crippen LogP) is 4.35. The lowest BCUT2D eigenvalue weighted by molar-refractivity contribution is 0.130. The van der Waals surface area contributed by atoms with E-state index in [0.717, 1.165) is 30.1 Å². The zero-order valence-electron chi connectivity index (χ0n) is 14.1. The standard InChI is InChI=1S/C18H29N3O.ClH/c1-2-6-16(5-1)21-12-10-14(11-13-21)4-3-7-17-19-18(22-20-17)15-8-9-15;/h14-16H,1-13H2;1H. The highest BCUT2D eigenvalue weighted by atomic mass is 35.5. The van der Waals surface area contributed by atoms with E-state index in [1.165, 1.54) is 77.3 Å². The molecule has 1 aromatic rings. The summed E-state index contributed by atoms with van der Waals surface area (Å²) in [5.74, 6) is 3.33. The molecule has 0 unspecified atom stereocenters. The number of halogens is 1. The highest BCUT2D eigenvalue weighted by Crippen LogP contribution is 2.39. The van der Waals surface area contributed by atoms with Crippen molar-refractivity contribution in [2.24, 2.45) is 5.92 Å². The first-order valence-electron chi connectivity index (χ1n) is 9.45. The number of hydrogen-bond donors (Lipinski definition) is 0. The summed E-state index contributed by atoms with van der Waals surface area (Å²) < 4.78 is 5.33. The molecule has 1 aromatic heterocycles. The van der Waals surface area contributed by atoms with Crippen molar-refractivity contribution >= 4 is 12.4 Å². The maximum atomic E-state index is 5.33. The van der Waals surface area contributed by atoms with Crippen LogP contribution in [0.15, 0.2) is 4.52 Å². The molecule has 0 spiro atoms. The van der Waals surface area contributed by atoms with E-state index in [-0.39, 0.29) is 12.4 Å². The van der Waals surface area contributed by atoms with Crippen LogP contribution >= 0.6 is 12.4 Å². The van der Waals surface area contributed by atoms with E-state index in [4.69, 9.17) is 4.52 Å². The summed E-state index contributed by atoms with van der Waals surface area (Å²) in [6.45, 7) is 2.67. The Morgan fingerprint density at radius 3 is 2.43 bits per heavy atom. The van der Waals surface area contributed by atoms with Crippen LogP contribution in [-0.4, -0.2) is 34.2 Å². The predicted molar refractivity (Wildman–Crippen MR) is 93.0 cm³/mol. The van der Waals surface area contributed by atoms with Crippen molar-refractivity contribution in [2.45, 2.75) is 82.6 Å². The number of nitrogens with zero attached hydrogens (tertiary/aromatic N) is 3. The number of aromatic nitrogens is 2. The average molecular weight is 340 g/mol. The van der Waals surface area contributed by atoms with Crippen LogP contribution in [0.5, 0.6) is 0 Å². The van der Waals surface area contributed by atoms with Gasteiger partial charge in [0.15, 0.2) is 5.82 Å². The maximum Gasteiger partial charge on any atom is 0.229 e. The maximum absolute atomic E-state index is 5.33. The van der Waals surface area contributed by atoms with Crippen molar-refractivity contribution in [2.75, 3.05) is 13.1 Å². The van der Waals surface area contributed by atoms with Gasteiger partial charge in [0.1, 0.15) is 0 Å². The van der Waals surface area contributed by atoms with Gasteiger partial charge < -0.3 is 9.42 Å². The Hall–Kier alpha value is -0.610. The van der Waals surface area contributed by atoms with Crippen molar-refractivity contribution in [3.05, 3.63) is 11.7 Å². The van der Waals surface area contributed by atoms with Crippen LogP contribution in [0, 0.1) is 5.92 Å². The fourth-order valence-corrected chi connectivity index (χ4v) is 4.29. The fraction of sp³-hybridized carbons (Fsp3) is 0.889. The third-order valence-electron chi connectivity index (χ3n) is 5.91. The van der Waals surface area contributed by atoms with Crippen LogP contribution < -0.4 is 0 Å². The molecule has 0 N–H and O–H groups in total. The van der Waals surface area contributed by atoms with Crippen molar-refractivity contribution in [1.29, 1.82) is 0 Å². The number of aryl methyl sites for hydroxylation is 1. The lowest BCUT2D eigenvalue weighted by Gasteiger charge is -2.36. The molecule has 130 valence electrons. The minimum Gasteiger partial charge on any atom is -0.339 e. The number of likely N-dealkylation sites (tertiary alicyclic amines) is 1. The largest absolute Gasteiger partial charge is 0.339 e. The molecule has 0 bridgehead atoms. The molecule has 1 aliphatic heterocycles. The van der Waals surface area contributed by atoms with Crippen LogP contribution in [-0.2, 0) is 6.42 Å². The molecule has 2 heterocycles. The van der Waals surface area contributed by atoms with Gasteiger partial charge in [-0.25, -0.2) is 0 Å². The van der Waals surface area contributed by atoms with Crippen molar-refractivity contribution in [3.63, 3.8) is 0 Å². The molecule has 0 radical (unpaired) electrons. The highest BCUT2D eigenvalue weighted by Gasteiger charge is 2.30. The SMILES string of the molecule is C(Cc1noc(C2CC2)n1)CC1CCN(C2CCCC2)CC1.Cl. The van der Waals surface area contributed by atoms with Gasteiger partial charge >= 0.3 is 0 Å². The summed E-state index contributed by atoms with van der Waals surface area (Å²) >= 11 is 0. The number of piperidine rings is 1. The normalized spacial score (nSPS) is 24.0. The van der Waals surface area contributed by atoms with E-state index in [9.17, 15) is 0 Å². The van der Waals surface area contributed by atoms with Crippen LogP contribution in [0.4, 0.5) is 0 Å². The van der Waals surface area contributed by atoms with E-state index in [0.29, 0.717) is 5.92 Å². The Balaban J connectivity index is 0.00000156. The van der Waals surface area contributed by atoms with Crippen LogP contribution in [0.25, 0.3) is 0 Å². The van der Waals surface area contributed by atoms with Gasteiger partial charge in [-0.15, -0.1) is 12.4 Å². The van der Waals surface area contributed by atoms with Crippen LogP contribution in [0.3, 0.4) is 0 Å². The molecule has 1 saturated heterocycles. The van der Waals surface area contributed by atoms with Gasteiger partial charge in [-0.2, -0.15) is 4.98 Å². The lowest BCUT2D eigenvalue weighted by atomic mass is 9.90. The second kappa shape index (κ2) is 7.98. The topological polar surface area (TPSA) is 42.2 Å². The Kier molecular flexibility index (Phi) is 5.97. The smallest absolute Gasteiger partial charge is 0.229 e. The summed E-state index contributed by atoms with van der Waals surface area (Å²) in [4.78, 5) is 7.30. The van der Waals surface area contributed by atoms with Gasteiger partial charge in [-0.05, 0) is 70.4 Å². The average Bonchev–Trinajstić information content (AvgIpc) is 3.06. The Labute approximate surface area is 145 Å². The van der Waals surface area contributed by atoms with Gasteiger partial charge in [0, 0.05) is 18.4 Å². The zero-order chi connectivity index (χ0) is 14.8. The Morgan fingerprint density at radius 2 is 1.74 bits per heavy atom. The van der Waals surface area contributed by atoms with Crippen molar-refractivity contribution in [3.8, 4) is 0 Å². The third kappa shape index (κ3) is 4.48. The molecular formula is C18H30ClN3O. The first-order valence-corrected chi connectivity index (χ1v) is 9.45. The quantitative estimate of drug-likeness (QED) is 0.772. The van der Waals surface area contributed by atoms with E-state index in [2.05, 4.69) is 15.0 Å². The summed E-state index contributed by atoms with van der Waals surface area (Å²) in [5.41, 5.74) is 0. The van der Waals surface area contributed by atoms with Gasteiger partial charge in [0.2, 0.25) is 5.89 Å². The first kappa shape index (κ1) is 17.2. The molecular weight excluding hydrogens is 310 g/mol. The minimum atomic E-state index is 0. The monoisotopic (exact) mass is 339 g/mol. The summed E-state index contributed by atoms with van der Waals surface area (Å²) in [5, 5.41) is 4.13. The molecule has 5 heteroatoms. The lowest BCUT2D eigenvalue weighted by Crippen LogP contribution is -2.40. The number of rotatable bonds is 6. The van der Waals surface area contributed by atoms with Crippen molar-refractivity contribution in [1.82, 2.24) is 15.0 Å². The molecule has 4 rings (SSSR count). The molecule has 3 aliphatic rings. The van der Waals surface area contributed by atoms with Crippen LogP contribution in [0.2, 0.25) is 0 Å². The van der Waals surface area contributed by atoms with Crippen LogP contribution in [0.1, 0.15) is 81.8 Å². The molecule has 2 aliphatic carbocycles. The van der Waals surface area contributed by atoms with Gasteiger partial charge in [0.25, 0.3) is 0 Å². The second-order valence-electron chi connectivity index (χ2n) is 7.63.